The van der Waals surface area contributed by atoms with Gasteiger partial charge in [0.1, 0.15) is 19.3 Å². The molecular formula is C76H148O17P2. The van der Waals surface area contributed by atoms with Gasteiger partial charge in [0.15, 0.2) is 12.2 Å². The van der Waals surface area contributed by atoms with E-state index in [1.54, 1.807) is 0 Å². The van der Waals surface area contributed by atoms with Gasteiger partial charge in [0.05, 0.1) is 26.4 Å². The van der Waals surface area contributed by atoms with Crippen LogP contribution in [0.2, 0.25) is 0 Å². The lowest BCUT2D eigenvalue weighted by Crippen LogP contribution is -2.30. The molecule has 0 aromatic rings. The van der Waals surface area contributed by atoms with Crippen LogP contribution in [0.4, 0.5) is 0 Å². The molecular weight excluding hydrogens is 1250 g/mol. The number of rotatable bonds is 73. The van der Waals surface area contributed by atoms with Gasteiger partial charge in [0.25, 0.3) is 0 Å². The van der Waals surface area contributed by atoms with Crippen molar-refractivity contribution in [2.45, 2.75) is 401 Å². The summed E-state index contributed by atoms with van der Waals surface area (Å²) in [5.74, 6) is 0.874. The molecule has 0 saturated carbocycles. The van der Waals surface area contributed by atoms with Crippen LogP contribution in [0.15, 0.2) is 0 Å². The molecule has 3 unspecified atom stereocenters. The van der Waals surface area contributed by atoms with Crippen LogP contribution in [0.1, 0.15) is 383 Å². The Labute approximate surface area is 581 Å². The molecule has 19 heteroatoms. The van der Waals surface area contributed by atoms with Crippen molar-refractivity contribution in [1.29, 1.82) is 0 Å². The highest BCUT2D eigenvalue weighted by molar-refractivity contribution is 7.47. The van der Waals surface area contributed by atoms with Gasteiger partial charge < -0.3 is 33.8 Å². The highest BCUT2D eigenvalue weighted by atomic mass is 31.2. The SMILES string of the molecule is CC(C)CCCCCCCCCCCCCCCCCCC(=O)O[C@H](COC(=O)CCCCCCCCC(C)C)COP(=O)(O)OCC(O)COP(=O)(O)OC[C@@H](COC(=O)CCCCCCCCCCCCCCCC(C)C)OC(=O)CCCCCCCCCCC(C)C. The van der Waals surface area contributed by atoms with Gasteiger partial charge in [0, 0.05) is 25.7 Å². The predicted molar refractivity (Wildman–Crippen MR) is 386 cm³/mol. The molecule has 0 amide bonds. The van der Waals surface area contributed by atoms with Crippen LogP contribution in [0.5, 0.6) is 0 Å². The zero-order valence-corrected chi connectivity index (χ0v) is 64.1. The highest BCUT2D eigenvalue weighted by Crippen LogP contribution is 2.45. The largest absolute Gasteiger partial charge is 0.472 e. The van der Waals surface area contributed by atoms with E-state index in [1.165, 1.54) is 180 Å². The summed E-state index contributed by atoms with van der Waals surface area (Å²) in [6.07, 6.45) is 50.2. The third-order valence-electron chi connectivity index (χ3n) is 17.6. The number of esters is 4. The second kappa shape index (κ2) is 65.4. The summed E-state index contributed by atoms with van der Waals surface area (Å²) in [5.41, 5.74) is 0. The van der Waals surface area contributed by atoms with E-state index in [9.17, 15) is 43.2 Å². The number of hydrogen-bond donors (Lipinski definition) is 3. The number of aliphatic hydroxyl groups excluding tert-OH is 1. The predicted octanol–water partition coefficient (Wildman–Crippen LogP) is 22.0. The Kier molecular flexibility index (Phi) is 64.0. The molecule has 0 rings (SSSR count). The lowest BCUT2D eigenvalue weighted by atomic mass is 10.0. The molecule has 95 heavy (non-hydrogen) atoms. The summed E-state index contributed by atoms with van der Waals surface area (Å²) in [7, 11) is -9.91. The first-order valence-corrected chi connectivity index (χ1v) is 42.2. The van der Waals surface area contributed by atoms with Gasteiger partial charge in [-0.25, -0.2) is 9.13 Å². The lowest BCUT2D eigenvalue weighted by molar-refractivity contribution is -0.161. The molecule has 0 fully saturated rings. The number of ether oxygens (including phenoxy) is 4. The lowest BCUT2D eigenvalue weighted by Gasteiger charge is -2.21. The van der Waals surface area contributed by atoms with E-state index in [1.807, 2.05) is 0 Å². The normalized spacial score (nSPS) is 14.1. The van der Waals surface area contributed by atoms with E-state index in [2.05, 4.69) is 55.4 Å². The maximum atomic E-state index is 13.1. The molecule has 0 aliphatic carbocycles. The smallest absolute Gasteiger partial charge is 0.462 e. The third kappa shape index (κ3) is 70.3. The van der Waals surface area contributed by atoms with Crippen molar-refractivity contribution in [3.63, 3.8) is 0 Å². The molecule has 0 spiro atoms. The Balaban J connectivity index is 5.18. The molecule has 0 bridgehead atoms. The molecule has 0 aliphatic rings. The van der Waals surface area contributed by atoms with E-state index in [0.717, 1.165) is 114 Å². The van der Waals surface area contributed by atoms with Crippen LogP contribution in [0, 0.1) is 23.7 Å². The minimum Gasteiger partial charge on any atom is -0.462 e. The van der Waals surface area contributed by atoms with Crippen molar-refractivity contribution < 1.29 is 80.2 Å². The van der Waals surface area contributed by atoms with Gasteiger partial charge in [-0.05, 0) is 49.4 Å². The Bertz CT molecular complexity index is 1870. The number of aliphatic hydroxyl groups is 1. The van der Waals surface area contributed by atoms with Crippen LogP contribution in [-0.2, 0) is 65.4 Å². The molecule has 17 nitrogen and oxygen atoms in total. The summed E-state index contributed by atoms with van der Waals surface area (Å²) in [4.78, 5) is 72.7. The van der Waals surface area contributed by atoms with E-state index in [-0.39, 0.29) is 25.7 Å². The van der Waals surface area contributed by atoms with Crippen molar-refractivity contribution in [1.82, 2.24) is 0 Å². The topological polar surface area (TPSA) is 237 Å². The van der Waals surface area contributed by atoms with E-state index < -0.39 is 97.5 Å². The summed E-state index contributed by atoms with van der Waals surface area (Å²) < 4.78 is 68.5. The highest BCUT2D eigenvalue weighted by Gasteiger charge is 2.30. The Morgan fingerprint density at radius 1 is 0.263 bits per heavy atom. The number of phosphoric acid groups is 2. The number of phosphoric ester groups is 2. The zero-order valence-electron chi connectivity index (χ0n) is 62.3. The maximum absolute atomic E-state index is 13.1. The van der Waals surface area contributed by atoms with Gasteiger partial charge in [-0.15, -0.1) is 0 Å². The number of carbonyl (C=O) groups is 4. The van der Waals surface area contributed by atoms with Crippen molar-refractivity contribution in [2.24, 2.45) is 23.7 Å². The van der Waals surface area contributed by atoms with Gasteiger partial charge in [-0.3, -0.25) is 37.3 Å². The zero-order chi connectivity index (χ0) is 70.3. The number of hydrogen-bond acceptors (Lipinski definition) is 15. The monoisotopic (exact) mass is 1400 g/mol. The van der Waals surface area contributed by atoms with E-state index >= 15 is 0 Å². The first kappa shape index (κ1) is 93.1. The van der Waals surface area contributed by atoms with Crippen LogP contribution >= 0.6 is 15.6 Å². The first-order chi connectivity index (χ1) is 45.6. The maximum Gasteiger partial charge on any atom is 0.472 e. The van der Waals surface area contributed by atoms with Crippen molar-refractivity contribution in [3.05, 3.63) is 0 Å². The molecule has 5 atom stereocenters. The molecule has 0 radical (unpaired) electrons. The Morgan fingerprint density at radius 2 is 0.442 bits per heavy atom. The minimum atomic E-state index is -4.96. The Hall–Kier alpha value is -1.94. The summed E-state index contributed by atoms with van der Waals surface area (Å²) >= 11 is 0. The van der Waals surface area contributed by atoms with E-state index in [4.69, 9.17) is 37.0 Å². The quantitative estimate of drug-likeness (QED) is 0.0222. The van der Waals surface area contributed by atoms with Gasteiger partial charge in [0.2, 0.25) is 0 Å². The average Bonchev–Trinajstić information content (AvgIpc) is 1.28. The average molecular weight is 1400 g/mol. The molecule has 0 aromatic carbocycles. The molecule has 0 heterocycles. The molecule has 3 N–H and O–H groups in total. The fraction of sp³-hybridized carbons (Fsp3) is 0.947. The Morgan fingerprint density at radius 3 is 0.653 bits per heavy atom. The molecule has 564 valence electrons. The standard InChI is InChI=1S/C76H148O17P2/c1-66(2)52-44-36-28-22-18-14-11-9-10-12-16-21-25-32-42-50-58-75(80)92-72(63-87-74(79)57-49-41-35-34-39-47-55-69(7)8)65-91-95(84,85)89-61-70(77)60-88-94(82,83)90-64-71(93-76(81)59-51-43-33-27-26-30-38-46-54-68(5)6)62-86-73(78)56-48-40-31-24-20-17-13-15-19-23-29-37-45-53-67(3)4/h66-72,77H,9-65H2,1-8H3,(H,82,83)(H,84,85)/t70?,71-,72-/m1/s1. The molecule has 0 aromatic heterocycles. The number of unbranched alkanes of at least 4 members (excludes halogenated alkanes) is 39. The third-order valence-corrected chi connectivity index (χ3v) is 19.5. The first-order valence-electron chi connectivity index (χ1n) is 39.2. The summed E-state index contributed by atoms with van der Waals surface area (Å²) in [5, 5.41) is 10.6. The second-order valence-corrected chi connectivity index (χ2v) is 32.2. The van der Waals surface area contributed by atoms with Crippen molar-refractivity contribution in [2.75, 3.05) is 39.6 Å². The van der Waals surface area contributed by atoms with Crippen LogP contribution in [0.3, 0.4) is 0 Å². The van der Waals surface area contributed by atoms with Crippen LogP contribution in [0.25, 0.3) is 0 Å². The minimum absolute atomic E-state index is 0.104. The fourth-order valence-corrected chi connectivity index (χ4v) is 13.1. The van der Waals surface area contributed by atoms with Crippen LogP contribution < -0.4 is 0 Å². The van der Waals surface area contributed by atoms with Gasteiger partial charge in [-0.2, -0.15) is 0 Å². The van der Waals surface area contributed by atoms with Crippen LogP contribution in [-0.4, -0.2) is 96.7 Å². The second-order valence-electron chi connectivity index (χ2n) is 29.3. The van der Waals surface area contributed by atoms with Crippen molar-refractivity contribution in [3.8, 4) is 0 Å². The number of carbonyl (C=O) groups excluding carboxylic acids is 4. The molecule has 0 saturated heterocycles. The van der Waals surface area contributed by atoms with E-state index in [0.29, 0.717) is 31.6 Å². The van der Waals surface area contributed by atoms with Crippen molar-refractivity contribution >= 4 is 39.5 Å². The van der Waals surface area contributed by atoms with Gasteiger partial charge in [-0.1, -0.05) is 331 Å². The fourth-order valence-electron chi connectivity index (χ4n) is 11.6. The molecule has 0 aliphatic heterocycles. The summed E-state index contributed by atoms with van der Waals surface area (Å²) in [6, 6.07) is 0. The van der Waals surface area contributed by atoms with Gasteiger partial charge >= 0.3 is 39.5 Å². The summed E-state index contributed by atoms with van der Waals surface area (Å²) in [6.45, 7) is 14.1.